The molecule has 1 aliphatic heterocycles. The molecule has 86 valence electrons. The molecule has 1 atom stereocenters. The van der Waals surface area contributed by atoms with E-state index in [-0.39, 0.29) is 18.6 Å². The number of nitrogens with zero attached hydrogens (tertiary/aromatic N) is 2. The number of piperidine rings is 1. The Kier molecular flexibility index (Phi) is 3.51. The van der Waals surface area contributed by atoms with Gasteiger partial charge in [0.05, 0.1) is 12.6 Å². The van der Waals surface area contributed by atoms with Crippen molar-refractivity contribution < 1.29 is 9.90 Å². The quantitative estimate of drug-likeness (QED) is 0.811. The van der Waals surface area contributed by atoms with Crippen LogP contribution in [0.15, 0.2) is 24.4 Å². The first-order chi connectivity index (χ1) is 7.83. The summed E-state index contributed by atoms with van der Waals surface area (Å²) in [5, 5.41) is 9.24. The van der Waals surface area contributed by atoms with E-state index < -0.39 is 0 Å². The molecule has 0 bridgehead atoms. The SMILES string of the molecule is O=C(c1ccccn1)N1CCCCC1CO. The van der Waals surface area contributed by atoms with Crippen LogP contribution in [0.1, 0.15) is 29.8 Å². The van der Waals surface area contributed by atoms with Crippen molar-refractivity contribution in [3.63, 3.8) is 0 Å². The van der Waals surface area contributed by atoms with Crippen LogP contribution in [0.2, 0.25) is 0 Å². The van der Waals surface area contributed by atoms with Crippen LogP contribution in [-0.4, -0.2) is 40.1 Å². The average molecular weight is 220 g/mol. The molecular weight excluding hydrogens is 204 g/mol. The summed E-state index contributed by atoms with van der Waals surface area (Å²) in [5.41, 5.74) is 0.461. The Morgan fingerprint density at radius 1 is 1.50 bits per heavy atom. The minimum atomic E-state index is -0.0700. The molecule has 4 nitrogen and oxygen atoms in total. The number of rotatable bonds is 2. The van der Waals surface area contributed by atoms with Crippen LogP contribution in [-0.2, 0) is 0 Å². The fraction of sp³-hybridized carbons (Fsp3) is 0.500. The second-order valence-electron chi connectivity index (χ2n) is 4.05. The number of hydrogen-bond donors (Lipinski definition) is 1. The lowest BCUT2D eigenvalue weighted by Crippen LogP contribution is -2.45. The minimum absolute atomic E-state index is 0.0387. The minimum Gasteiger partial charge on any atom is -0.394 e. The van der Waals surface area contributed by atoms with E-state index in [2.05, 4.69) is 4.98 Å². The summed E-state index contributed by atoms with van der Waals surface area (Å²) >= 11 is 0. The lowest BCUT2D eigenvalue weighted by atomic mass is 10.0. The van der Waals surface area contributed by atoms with Crippen LogP contribution in [0.4, 0.5) is 0 Å². The molecule has 2 rings (SSSR count). The molecule has 0 saturated carbocycles. The first-order valence-electron chi connectivity index (χ1n) is 5.66. The molecule has 4 heteroatoms. The van der Waals surface area contributed by atoms with Crippen molar-refractivity contribution in [1.82, 2.24) is 9.88 Å². The van der Waals surface area contributed by atoms with E-state index >= 15 is 0 Å². The van der Waals surface area contributed by atoms with Crippen LogP contribution >= 0.6 is 0 Å². The van der Waals surface area contributed by atoms with Crippen molar-refractivity contribution in [3.05, 3.63) is 30.1 Å². The van der Waals surface area contributed by atoms with E-state index in [0.29, 0.717) is 5.69 Å². The Labute approximate surface area is 94.9 Å². The zero-order valence-corrected chi connectivity index (χ0v) is 9.17. The van der Waals surface area contributed by atoms with Gasteiger partial charge in [0.2, 0.25) is 0 Å². The molecular formula is C12H16N2O2. The predicted octanol–water partition coefficient (Wildman–Crippen LogP) is 1.07. The Morgan fingerprint density at radius 3 is 3.06 bits per heavy atom. The Balaban J connectivity index is 2.14. The zero-order chi connectivity index (χ0) is 11.4. The van der Waals surface area contributed by atoms with E-state index in [4.69, 9.17) is 0 Å². The molecule has 2 heterocycles. The average Bonchev–Trinajstić information content (AvgIpc) is 2.39. The largest absolute Gasteiger partial charge is 0.394 e. The summed E-state index contributed by atoms with van der Waals surface area (Å²) in [6.07, 6.45) is 4.59. The summed E-state index contributed by atoms with van der Waals surface area (Å²) in [4.78, 5) is 17.9. The molecule has 1 fully saturated rings. The number of amides is 1. The molecule has 0 aromatic carbocycles. The van der Waals surface area contributed by atoms with Crippen molar-refractivity contribution in [3.8, 4) is 0 Å². The fourth-order valence-corrected chi connectivity index (χ4v) is 2.09. The second-order valence-corrected chi connectivity index (χ2v) is 4.05. The molecule has 1 saturated heterocycles. The zero-order valence-electron chi connectivity index (χ0n) is 9.17. The molecule has 16 heavy (non-hydrogen) atoms. The predicted molar refractivity (Wildman–Crippen MR) is 60.0 cm³/mol. The van der Waals surface area contributed by atoms with Gasteiger partial charge in [-0.2, -0.15) is 0 Å². The summed E-state index contributed by atoms with van der Waals surface area (Å²) in [7, 11) is 0. The lowest BCUT2D eigenvalue weighted by molar-refractivity contribution is 0.0497. The van der Waals surface area contributed by atoms with Gasteiger partial charge in [0.25, 0.3) is 5.91 Å². The standard InChI is InChI=1S/C12H16N2O2/c15-9-10-5-2-4-8-14(10)12(16)11-6-1-3-7-13-11/h1,3,6-7,10,15H,2,4-5,8-9H2. The van der Waals surface area contributed by atoms with Gasteiger partial charge in [-0.05, 0) is 31.4 Å². The van der Waals surface area contributed by atoms with Crippen LogP contribution in [0.25, 0.3) is 0 Å². The third kappa shape index (κ3) is 2.22. The molecule has 0 spiro atoms. The van der Waals surface area contributed by atoms with Gasteiger partial charge in [-0.25, -0.2) is 0 Å². The van der Waals surface area contributed by atoms with Gasteiger partial charge >= 0.3 is 0 Å². The van der Waals surface area contributed by atoms with E-state index in [1.165, 1.54) is 0 Å². The molecule has 1 amide bonds. The number of likely N-dealkylation sites (tertiary alicyclic amines) is 1. The van der Waals surface area contributed by atoms with Gasteiger partial charge in [0.1, 0.15) is 5.69 Å². The highest BCUT2D eigenvalue weighted by Crippen LogP contribution is 2.18. The van der Waals surface area contributed by atoms with Crippen molar-refractivity contribution >= 4 is 5.91 Å². The monoisotopic (exact) mass is 220 g/mol. The molecule has 1 aromatic rings. The van der Waals surface area contributed by atoms with Gasteiger partial charge in [-0.1, -0.05) is 6.07 Å². The molecule has 1 unspecified atom stereocenters. The van der Waals surface area contributed by atoms with E-state index in [9.17, 15) is 9.90 Å². The first kappa shape index (κ1) is 11.1. The Morgan fingerprint density at radius 2 is 2.38 bits per heavy atom. The van der Waals surface area contributed by atoms with E-state index in [0.717, 1.165) is 25.8 Å². The molecule has 0 radical (unpaired) electrons. The van der Waals surface area contributed by atoms with Crippen molar-refractivity contribution in [2.24, 2.45) is 0 Å². The van der Waals surface area contributed by atoms with Gasteiger partial charge in [-0.3, -0.25) is 9.78 Å². The third-order valence-corrected chi connectivity index (χ3v) is 2.98. The molecule has 1 N–H and O–H groups in total. The van der Waals surface area contributed by atoms with Gasteiger partial charge in [0, 0.05) is 12.7 Å². The first-order valence-corrected chi connectivity index (χ1v) is 5.66. The topological polar surface area (TPSA) is 53.4 Å². The smallest absolute Gasteiger partial charge is 0.272 e. The molecule has 1 aromatic heterocycles. The van der Waals surface area contributed by atoms with E-state index in [1.54, 1.807) is 29.3 Å². The van der Waals surface area contributed by atoms with Crippen molar-refractivity contribution in [1.29, 1.82) is 0 Å². The third-order valence-electron chi connectivity index (χ3n) is 2.98. The number of aliphatic hydroxyl groups is 1. The number of carbonyl (C=O) groups excluding carboxylic acids is 1. The summed E-state index contributed by atoms with van der Waals surface area (Å²) in [6, 6.07) is 5.27. The van der Waals surface area contributed by atoms with Crippen molar-refractivity contribution in [2.75, 3.05) is 13.2 Å². The van der Waals surface area contributed by atoms with Crippen LogP contribution in [0.3, 0.4) is 0 Å². The number of pyridine rings is 1. The number of aromatic nitrogens is 1. The number of hydrogen-bond acceptors (Lipinski definition) is 3. The molecule has 1 aliphatic rings. The highest BCUT2D eigenvalue weighted by Gasteiger charge is 2.27. The van der Waals surface area contributed by atoms with Crippen LogP contribution in [0.5, 0.6) is 0 Å². The maximum absolute atomic E-state index is 12.1. The maximum Gasteiger partial charge on any atom is 0.272 e. The van der Waals surface area contributed by atoms with Gasteiger partial charge in [0.15, 0.2) is 0 Å². The summed E-state index contributed by atoms with van der Waals surface area (Å²) in [6.45, 7) is 0.763. The van der Waals surface area contributed by atoms with Gasteiger partial charge < -0.3 is 10.0 Å². The lowest BCUT2D eigenvalue weighted by Gasteiger charge is -2.34. The Hall–Kier alpha value is -1.42. The second kappa shape index (κ2) is 5.07. The highest BCUT2D eigenvalue weighted by molar-refractivity contribution is 5.92. The van der Waals surface area contributed by atoms with Crippen LogP contribution < -0.4 is 0 Å². The fourth-order valence-electron chi connectivity index (χ4n) is 2.09. The molecule has 0 aliphatic carbocycles. The normalized spacial score (nSPS) is 20.8. The van der Waals surface area contributed by atoms with E-state index in [1.807, 2.05) is 0 Å². The number of carbonyl (C=O) groups is 1. The summed E-state index contributed by atoms with van der Waals surface area (Å²) in [5.74, 6) is -0.0700. The van der Waals surface area contributed by atoms with Crippen molar-refractivity contribution in [2.45, 2.75) is 25.3 Å². The van der Waals surface area contributed by atoms with Crippen LogP contribution in [0, 0.1) is 0 Å². The Bertz CT molecular complexity index is 353. The number of aliphatic hydroxyl groups excluding tert-OH is 1. The highest BCUT2D eigenvalue weighted by atomic mass is 16.3. The summed E-state index contributed by atoms with van der Waals surface area (Å²) < 4.78 is 0. The van der Waals surface area contributed by atoms with Gasteiger partial charge in [-0.15, -0.1) is 0 Å². The maximum atomic E-state index is 12.1.